The molecule has 0 bridgehead atoms. The van der Waals surface area contributed by atoms with Crippen molar-refractivity contribution in [2.24, 2.45) is 0 Å². The van der Waals surface area contributed by atoms with Crippen LogP contribution in [-0.4, -0.2) is 6.54 Å². The number of hydrogen-bond donors (Lipinski definition) is 1. The number of allylic oxidation sites excluding steroid dienone is 1. The minimum absolute atomic E-state index is 0.165. The number of nitrogens with one attached hydrogen (secondary N) is 1. The van der Waals surface area contributed by atoms with Crippen LogP contribution in [0.2, 0.25) is 0 Å². The molecular weight excluding hydrogens is 213 g/mol. The van der Waals surface area contributed by atoms with Gasteiger partial charge in [0.2, 0.25) is 0 Å². The van der Waals surface area contributed by atoms with Crippen molar-refractivity contribution < 1.29 is 4.39 Å². The maximum atomic E-state index is 13.1. The number of halogens is 1. The molecule has 0 fully saturated rings. The molecule has 0 radical (unpaired) electrons. The molecule has 0 spiro atoms. The lowest BCUT2D eigenvalue weighted by molar-refractivity contribution is 0.511. The van der Waals surface area contributed by atoms with Crippen molar-refractivity contribution in [1.29, 1.82) is 0 Å². The zero-order chi connectivity index (χ0) is 12.8. The van der Waals surface area contributed by atoms with E-state index in [2.05, 4.69) is 18.8 Å². The van der Waals surface area contributed by atoms with Gasteiger partial charge in [-0.3, -0.25) is 0 Å². The molecule has 1 N–H and O–H groups in total. The van der Waals surface area contributed by atoms with Crippen LogP contribution in [0.25, 0.3) is 0 Å². The van der Waals surface area contributed by atoms with Crippen LogP contribution in [0.5, 0.6) is 0 Å². The Hall–Kier alpha value is -1.15. The summed E-state index contributed by atoms with van der Waals surface area (Å²) in [5, 5.41) is 3.45. The van der Waals surface area contributed by atoms with Gasteiger partial charge in [-0.15, -0.1) is 6.58 Å². The minimum atomic E-state index is -0.165. The second-order valence-electron chi connectivity index (χ2n) is 4.61. The maximum absolute atomic E-state index is 13.1. The lowest BCUT2D eigenvalue weighted by atomic mass is 9.96. The Bertz CT molecular complexity index is 385. The highest BCUT2D eigenvalue weighted by molar-refractivity contribution is 5.29. The van der Waals surface area contributed by atoms with Crippen LogP contribution < -0.4 is 5.32 Å². The Morgan fingerprint density at radius 3 is 2.71 bits per heavy atom. The first-order valence-electron chi connectivity index (χ1n) is 6.18. The Morgan fingerprint density at radius 2 is 2.18 bits per heavy atom. The van der Waals surface area contributed by atoms with Crippen molar-refractivity contribution in [1.82, 2.24) is 5.32 Å². The number of rotatable bonds is 6. The van der Waals surface area contributed by atoms with Crippen LogP contribution in [-0.2, 0) is 0 Å². The van der Waals surface area contributed by atoms with Gasteiger partial charge in [0.25, 0.3) is 0 Å². The molecule has 0 aromatic heterocycles. The quantitative estimate of drug-likeness (QED) is 0.731. The van der Waals surface area contributed by atoms with Gasteiger partial charge in [0.05, 0.1) is 0 Å². The van der Waals surface area contributed by atoms with Crippen LogP contribution in [0, 0.1) is 12.7 Å². The van der Waals surface area contributed by atoms with Gasteiger partial charge in [-0.1, -0.05) is 18.6 Å². The van der Waals surface area contributed by atoms with Gasteiger partial charge < -0.3 is 5.32 Å². The Kier molecular flexibility index (Phi) is 5.36. The normalized spacial score (nSPS) is 12.5. The predicted molar refractivity (Wildman–Crippen MR) is 71.6 cm³/mol. The zero-order valence-electron chi connectivity index (χ0n) is 11.0. The number of benzene rings is 1. The largest absolute Gasteiger partial charge is 0.310 e. The van der Waals surface area contributed by atoms with E-state index in [0.717, 1.165) is 24.9 Å². The summed E-state index contributed by atoms with van der Waals surface area (Å²) in [7, 11) is 0. The van der Waals surface area contributed by atoms with Crippen molar-refractivity contribution >= 4 is 0 Å². The molecule has 0 heterocycles. The molecule has 17 heavy (non-hydrogen) atoms. The second-order valence-corrected chi connectivity index (χ2v) is 4.61. The van der Waals surface area contributed by atoms with E-state index >= 15 is 0 Å². The van der Waals surface area contributed by atoms with E-state index in [1.165, 1.54) is 17.2 Å². The molecule has 1 nitrogen and oxygen atoms in total. The van der Waals surface area contributed by atoms with Crippen molar-refractivity contribution in [3.8, 4) is 0 Å². The summed E-state index contributed by atoms with van der Waals surface area (Å²) in [6.45, 7) is 10.9. The monoisotopic (exact) mass is 235 g/mol. The fourth-order valence-electron chi connectivity index (χ4n) is 2.03. The number of aryl methyl sites for hydroxylation is 1. The van der Waals surface area contributed by atoms with Gasteiger partial charge in [-0.05, 0) is 56.5 Å². The highest BCUT2D eigenvalue weighted by atomic mass is 19.1. The smallest absolute Gasteiger partial charge is 0.123 e. The maximum Gasteiger partial charge on any atom is 0.123 e. The number of hydrogen-bond acceptors (Lipinski definition) is 1. The van der Waals surface area contributed by atoms with Crippen molar-refractivity contribution in [2.75, 3.05) is 6.54 Å². The first-order valence-corrected chi connectivity index (χ1v) is 6.18. The van der Waals surface area contributed by atoms with Gasteiger partial charge in [-0.25, -0.2) is 4.39 Å². The third-order valence-electron chi connectivity index (χ3n) is 2.92. The van der Waals surface area contributed by atoms with E-state index in [9.17, 15) is 4.39 Å². The Morgan fingerprint density at radius 1 is 1.47 bits per heavy atom. The minimum Gasteiger partial charge on any atom is -0.310 e. The standard InChI is InChI=1S/C15H22FN/c1-5-17-15(9-6-11(2)3)14-8-7-13(16)10-12(14)4/h7-8,10,15,17H,2,5-6,9H2,1,3-4H3. The van der Waals surface area contributed by atoms with Crippen LogP contribution in [0.1, 0.15) is 43.9 Å². The van der Waals surface area contributed by atoms with E-state index in [0.29, 0.717) is 0 Å². The third-order valence-corrected chi connectivity index (χ3v) is 2.92. The molecule has 1 aromatic carbocycles. The van der Waals surface area contributed by atoms with Gasteiger partial charge in [-0.2, -0.15) is 0 Å². The van der Waals surface area contributed by atoms with Gasteiger partial charge in [0.1, 0.15) is 5.82 Å². The van der Waals surface area contributed by atoms with E-state index in [1.54, 1.807) is 6.07 Å². The van der Waals surface area contributed by atoms with Crippen molar-refractivity contribution in [3.05, 3.63) is 47.3 Å². The summed E-state index contributed by atoms with van der Waals surface area (Å²) in [5.41, 5.74) is 3.39. The lowest BCUT2D eigenvalue weighted by Crippen LogP contribution is -2.21. The molecule has 1 aromatic rings. The van der Waals surface area contributed by atoms with E-state index < -0.39 is 0 Å². The second kappa shape index (κ2) is 6.55. The summed E-state index contributed by atoms with van der Waals surface area (Å²) in [6, 6.07) is 5.31. The first-order chi connectivity index (χ1) is 8.04. The highest BCUT2D eigenvalue weighted by Gasteiger charge is 2.12. The fraction of sp³-hybridized carbons (Fsp3) is 0.467. The molecule has 0 saturated heterocycles. The summed E-state index contributed by atoms with van der Waals surface area (Å²) in [6.07, 6.45) is 2.00. The third kappa shape index (κ3) is 4.31. The van der Waals surface area contributed by atoms with Crippen LogP contribution in [0.3, 0.4) is 0 Å². The van der Waals surface area contributed by atoms with Gasteiger partial charge >= 0.3 is 0 Å². The lowest BCUT2D eigenvalue weighted by Gasteiger charge is -2.20. The predicted octanol–water partition coefficient (Wildman–Crippen LogP) is 4.14. The summed E-state index contributed by atoms with van der Waals surface area (Å²) >= 11 is 0. The fourth-order valence-corrected chi connectivity index (χ4v) is 2.03. The van der Waals surface area contributed by atoms with Crippen LogP contribution in [0.15, 0.2) is 30.4 Å². The average Bonchev–Trinajstić information content (AvgIpc) is 2.24. The van der Waals surface area contributed by atoms with Crippen molar-refractivity contribution in [3.63, 3.8) is 0 Å². The molecule has 1 unspecified atom stereocenters. The van der Waals surface area contributed by atoms with Crippen LogP contribution in [0.4, 0.5) is 4.39 Å². The van der Waals surface area contributed by atoms with Crippen LogP contribution >= 0.6 is 0 Å². The Labute approximate surface area is 104 Å². The molecule has 0 amide bonds. The molecule has 0 saturated carbocycles. The molecular formula is C15H22FN. The summed E-state index contributed by atoms with van der Waals surface area (Å²) in [5.74, 6) is -0.165. The Balaban J connectivity index is 2.84. The summed E-state index contributed by atoms with van der Waals surface area (Å²) in [4.78, 5) is 0. The topological polar surface area (TPSA) is 12.0 Å². The molecule has 2 heteroatoms. The molecule has 1 atom stereocenters. The molecule has 0 aliphatic heterocycles. The summed E-state index contributed by atoms with van der Waals surface area (Å²) < 4.78 is 13.1. The van der Waals surface area contributed by atoms with Gasteiger partial charge in [0.15, 0.2) is 0 Å². The van der Waals surface area contributed by atoms with E-state index in [-0.39, 0.29) is 11.9 Å². The van der Waals surface area contributed by atoms with Crippen molar-refractivity contribution in [2.45, 2.75) is 39.7 Å². The zero-order valence-corrected chi connectivity index (χ0v) is 11.0. The van der Waals surface area contributed by atoms with Gasteiger partial charge in [0, 0.05) is 6.04 Å². The SMILES string of the molecule is C=C(C)CCC(NCC)c1ccc(F)cc1C. The molecule has 0 aliphatic rings. The molecule has 1 rings (SSSR count). The van der Waals surface area contributed by atoms with E-state index in [1.807, 2.05) is 19.9 Å². The molecule has 0 aliphatic carbocycles. The average molecular weight is 235 g/mol. The highest BCUT2D eigenvalue weighted by Crippen LogP contribution is 2.24. The molecule has 94 valence electrons. The first kappa shape index (κ1) is 13.9. The van der Waals surface area contributed by atoms with E-state index in [4.69, 9.17) is 0 Å².